The largest absolute Gasteiger partial charge is 0.469 e. The van der Waals surface area contributed by atoms with Crippen LogP contribution >= 0.6 is 0 Å². The van der Waals surface area contributed by atoms with Gasteiger partial charge in [0.1, 0.15) is 0 Å². The van der Waals surface area contributed by atoms with Gasteiger partial charge in [-0.1, -0.05) is 0 Å². The molecule has 1 unspecified atom stereocenters. The van der Waals surface area contributed by atoms with E-state index in [1.165, 1.54) is 13.4 Å². The number of rotatable bonds is 4. The van der Waals surface area contributed by atoms with Gasteiger partial charge in [-0.25, -0.2) is 0 Å². The lowest BCUT2D eigenvalue weighted by molar-refractivity contribution is -0.388. The predicted molar refractivity (Wildman–Crippen MR) is 71.5 cm³/mol. The van der Waals surface area contributed by atoms with Crippen molar-refractivity contribution in [2.24, 2.45) is 7.05 Å². The van der Waals surface area contributed by atoms with E-state index in [1.807, 2.05) is 4.90 Å². The third kappa shape index (κ3) is 2.73. The number of hydrogen-bond donors (Lipinski definition) is 0. The molecule has 0 aliphatic carbocycles. The predicted octanol–water partition coefficient (Wildman–Crippen LogP) is 1.25. The summed E-state index contributed by atoms with van der Waals surface area (Å²) in [6.45, 7) is 0.683. The van der Waals surface area contributed by atoms with Crippen LogP contribution in [-0.4, -0.2) is 40.1 Å². The number of hydrogen-bond acceptors (Lipinski definition) is 6. The number of carbonyl (C=O) groups excluding carboxylic acids is 1. The number of ether oxygens (including phenoxy) is 1. The van der Waals surface area contributed by atoms with Crippen LogP contribution in [0.4, 0.5) is 11.6 Å². The molecule has 1 aromatic rings. The molecule has 1 aliphatic rings. The highest BCUT2D eigenvalue weighted by Gasteiger charge is 2.33. The molecule has 20 heavy (non-hydrogen) atoms. The SMILES string of the molecule is COC(=O)CC1CCCCN1c1c([N+](=O)[O-])ncn1C. The number of piperidine rings is 1. The van der Waals surface area contributed by atoms with E-state index in [1.54, 1.807) is 11.6 Å². The van der Waals surface area contributed by atoms with Crippen molar-refractivity contribution >= 4 is 17.6 Å². The fourth-order valence-electron chi connectivity index (χ4n) is 2.64. The Kier molecular flexibility index (Phi) is 4.21. The Hall–Kier alpha value is -2.12. The van der Waals surface area contributed by atoms with E-state index in [0.717, 1.165) is 19.3 Å². The number of anilines is 1. The zero-order valence-electron chi connectivity index (χ0n) is 11.6. The number of esters is 1. The molecule has 0 N–H and O–H groups in total. The quantitative estimate of drug-likeness (QED) is 0.469. The highest BCUT2D eigenvalue weighted by atomic mass is 16.6. The zero-order valence-corrected chi connectivity index (χ0v) is 11.6. The Labute approximate surface area is 116 Å². The molecule has 2 rings (SSSR count). The molecule has 0 saturated carbocycles. The van der Waals surface area contributed by atoms with Gasteiger partial charge in [0.25, 0.3) is 0 Å². The summed E-state index contributed by atoms with van der Waals surface area (Å²) < 4.78 is 6.34. The molecule has 0 bridgehead atoms. The standard InChI is InChI=1S/C12H18N4O4/c1-14-8-13-11(16(18)19)12(14)15-6-4-3-5-9(15)7-10(17)20-2/h8-9H,3-7H2,1-2H3. The molecular formula is C12H18N4O4. The number of imidazole rings is 1. The van der Waals surface area contributed by atoms with Crippen molar-refractivity contribution in [2.45, 2.75) is 31.7 Å². The number of aromatic nitrogens is 2. The van der Waals surface area contributed by atoms with Crippen LogP contribution in [0.25, 0.3) is 0 Å². The van der Waals surface area contributed by atoms with Crippen molar-refractivity contribution in [1.29, 1.82) is 0 Å². The first-order chi connectivity index (χ1) is 9.54. The molecule has 110 valence electrons. The lowest BCUT2D eigenvalue weighted by Gasteiger charge is -2.35. The van der Waals surface area contributed by atoms with Crippen molar-refractivity contribution in [3.05, 3.63) is 16.4 Å². The van der Waals surface area contributed by atoms with E-state index in [9.17, 15) is 14.9 Å². The molecule has 0 radical (unpaired) electrons. The second-order valence-corrected chi connectivity index (χ2v) is 4.88. The van der Waals surface area contributed by atoms with Crippen molar-refractivity contribution < 1.29 is 14.5 Å². The van der Waals surface area contributed by atoms with E-state index in [0.29, 0.717) is 12.4 Å². The second-order valence-electron chi connectivity index (χ2n) is 4.88. The van der Waals surface area contributed by atoms with Crippen LogP contribution in [0.3, 0.4) is 0 Å². The smallest absolute Gasteiger partial charge is 0.406 e. The molecule has 1 aliphatic heterocycles. The van der Waals surface area contributed by atoms with Crippen molar-refractivity contribution in [2.75, 3.05) is 18.6 Å². The zero-order chi connectivity index (χ0) is 14.7. The molecule has 1 atom stereocenters. The van der Waals surface area contributed by atoms with Gasteiger partial charge in [-0.15, -0.1) is 0 Å². The van der Waals surface area contributed by atoms with Crippen LogP contribution in [0.5, 0.6) is 0 Å². The van der Waals surface area contributed by atoms with Gasteiger partial charge in [-0.3, -0.25) is 9.36 Å². The van der Waals surface area contributed by atoms with Crippen LogP contribution in [0, 0.1) is 10.1 Å². The van der Waals surface area contributed by atoms with Crippen LogP contribution in [-0.2, 0) is 16.6 Å². The normalized spacial score (nSPS) is 18.9. The van der Waals surface area contributed by atoms with Crippen LogP contribution in [0.15, 0.2) is 6.33 Å². The molecule has 0 spiro atoms. The molecule has 2 heterocycles. The summed E-state index contributed by atoms with van der Waals surface area (Å²) in [5.41, 5.74) is 0. The van der Waals surface area contributed by atoms with Gasteiger partial charge >= 0.3 is 11.8 Å². The summed E-state index contributed by atoms with van der Waals surface area (Å²) in [5.74, 6) is -0.000379. The van der Waals surface area contributed by atoms with Gasteiger partial charge in [0.05, 0.1) is 13.5 Å². The Morgan fingerprint density at radius 1 is 1.60 bits per heavy atom. The molecule has 1 fully saturated rings. The minimum Gasteiger partial charge on any atom is -0.469 e. The van der Waals surface area contributed by atoms with E-state index in [4.69, 9.17) is 4.74 Å². The van der Waals surface area contributed by atoms with E-state index >= 15 is 0 Å². The molecule has 1 aromatic heterocycles. The lowest BCUT2D eigenvalue weighted by Crippen LogP contribution is -2.42. The maximum Gasteiger partial charge on any atom is 0.406 e. The van der Waals surface area contributed by atoms with E-state index < -0.39 is 4.92 Å². The summed E-state index contributed by atoms with van der Waals surface area (Å²) in [6.07, 6.45) is 4.43. The first-order valence-electron chi connectivity index (χ1n) is 6.53. The third-order valence-electron chi connectivity index (χ3n) is 3.59. The summed E-state index contributed by atoms with van der Waals surface area (Å²) in [4.78, 5) is 27.8. The minimum absolute atomic E-state index is 0.0784. The summed E-state index contributed by atoms with van der Waals surface area (Å²) in [7, 11) is 3.07. The summed E-state index contributed by atoms with van der Waals surface area (Å²) >= 11 is 0. The third-order valence-corrected chi connectivity index (χ3v) is 3.59. The van der Waals surface area contributed by atoms with Crippen molar-refractivity contribution in [3.63, 3.8) is 0 Å². The molecule has 0 amide bonds. The Balaban J connectivity index is 2.30. The number of carbonyl (C=O) groups is 1. The second kappa shape index (κ2) is 5.89. The average Bonchev–Trinajstić information content (AvgIpc) is 2.81. The van der Waals surface area contributed by atoms with Crippen LogP contribution in [0.1, 0.15) is 25.7 Å². The Bertz CT molecular complexity index is 514. The number of nitro groups is 1. The topological polar surface area (TPSA) is 90.5 Å². The van der Waals surface area contributed by atoms with E-state index in [2.05, 4.69) is 4.98 Å². The first-order valence-corrected chi connectivity index (χ1v) is 6.53. The van der Waals surface area contributed by atoms with Crippen molar-refractivity contribution in [3.8, 4) is 0 Å². The maximum atomic E-state index is 11.5. The highest BCUT2D eigenvalue weighted by Crippen LogP contribution is 2.32. The average molecular weight is 282 g/mol. The molecule has 8 heteroatoms. The van der Waals surface area contributed by atoms with Gasteiger partial charge in [0.2, 0.25) is 12.1 Å². The molecule has 0 aromatic carbocycles. The number of methoxy groups -OCH3 is 1. The first kappa shape index (κ1) is 14.3. The number of aryl methyl sites for hydroxylation is 1. The van der Waals surface area contributed by atoms with Gasteiger partial charge in [0, 0.05) is 19.6 Å². The summed E-state index contributed by atoms with van der Waals surface area (Å²) in [6, 6.07) is -0.0784. The molecule has 1 saturated heterocycles. The molecular weight excluding hydrogens is 264 g/mol. The van der Waals surface area contributed by atoms with Crippen molar-refractivity contribution in [1.82, 2.24) is 9.55 Å². The fraction of sp³-hybridized carbons (Fsp3) is 0.667. The van der Waals surface area contributed by atoms with Gasteiger partial charge in [-0.05, 0) is 29.2 Å². The molecule has 8 nitrogen and oxygen atoms in total. The van der Waals surface area contributed by atoms with Crippen LogP contribution in [0.2, 0.25) is 0 Å². The van der Waals surface area contributed by atoms with Crippen LogP contribution < -0.4 is 4.90 Å². The lowest BCUT2D eigenvalue weighted by atomic mass is 9.99. The maximum absolute atomic E-state index is 11.5. The monoisotopic (exact) mass is 282 g/mol. The fourth-order valence-corrected chi connectivity index (χ4v) is 2.64. The Morgan fingerprint density at radius 2 is 2.35 bits per heavy atom. The highest BCUT2D eigenvalue weighted by molar-refractivity contribution is 5.71. The minimum atomic E-state index is -0.487. The Morgan fingerprint density at radius 3 is 3.00 bits per heavy atom. The summed E-state index contributed by atoms with van der Waals surface area (Å²) in [5, 5.41) is 11.1. The number of nitrogens with zero attached hydrogens (tertiary/aromatic N) is 4. The van der Waals surface area contributed by atoms with Gasteiger partial charge < -0.3 is 19.8 Å². The van der Waals surface area contributed by atoms with Gasteiger partial charge in [0.15, 0.2) is 0 Å². The van der Waals surface area contributed by atoms with E-state index in [-0.39, 0.29) is 24.2 Å². The van der Waals surface area contributed by atoms with Gasteiger partial charge in [-0.2, -0.15) is 0 Å².